The molecule has 0 aromatic heterocycles. The van der Waals surface area contributed by atoms with E-state index in [4.69, 9.17) is 10.5 Å². The van der Waals surface area contributed by atoms with E-state index in [9.17, 15) is 0 Å². The van der Waals surface area contributed by atoms with Crippen LogP contribution in [0.4, 0.5) is 0 Å². The van der Waals surface area contributed by atoms with Gasteiger partial charge in [-0.05, 0) is 51.0 Å². The van der Waals surface area contributed by atoms with Crippen LogP contribution in [0.15, 0.2) is 0 Å². The maximum atomic E-state index is 6.20. The first-order valence-electron chi connectivity index (χ1n) is 7.78. The van der Waals surface area contributed by atoms with Crippen LogP contribution in [0.2, 0.25) is 0 Å². The van der Waals surface area contributed by atoms with Gasteiger partial charge in [0, 0.05) is 25.2 Å². The molecule has 2 fully saturated rings. The molecule has 0 aromatic rings. The van der Waals surface area contributed by atoms with Crippen molar-refractivity contribution in [3.63, 3.8) is 0 Å². The molecule has 2 unspecified atom stereocenters. The van der Waals surface area contributed by atoms with Gasteiger partial charge in [0.25, 0.3) is 0 Å². The first-order chi connectivity index (χ1) is 8.69. The van der Waals surface area contributed by atoms with Gasteiger partial charge in [-0.1, -0.05) is 20.8 Å². The summed E-state index contributed by atoms with van der Waals surface area (Å²) in [5, 5.41) is 0. The van der Waals surface area contributed by atoms with Gasteiger partial charge in [-0.2, -0.15) is 0 Å². The summed E-state index contributed by atoms with van der Waals surface area (Å²) in [5.74, 6) is 0.793. The van der Waals surface area contributed by atoms with Crippen LogP contribution in [0, 0.1) is 11.3 Å². The minimum atomic E-state index is -0.0303. The molecule has 2 saturated heterocycles. The zero-order valence-corrected chi connectivity index (χ0v) is 13.5. The van der Waals surface area contributed by atoms with Crippen molar-refractivity contribution in [2.24, 2.45) is 17.1 Å². The van der Waals surface area contributed by atoms with Gasteiger partial charge in [0.15, 0.2) is 0 Å². The number of nitrogens with zero attached hydrogens (tertiary/aromatic N) is 1. The van der Waals surface area contributed by atoms with E-state index < -0.39 is 0 Å². The smallest absolute Gasteiger partial charge is 0.0644 e. The third-order valence-electron chi connectivity index (χ3n) is 5.28. The SMILES string of the molecule is CC1(C)CC(CN)(N2CCC(C(C)(C)C)C2)CCO1. The molecule has 2 heterocycles. The third-order valence-corrected chi connectivity index (χ3v) is 5.28. The quantitative estimate of drug-likeness (QED) is 0.837. The normalized spacial score (nSPS) is 36.6. The Labute approximate surface area is 118 Å². The zero-order valence-electron chi connectivity index (χ0n) is 13.5. The van der Waals surface area contributed by atoms with Crippen molar-refractivity contribution in [1.82, 2.24) is 4.90 Å². The fourth-order valence-electron chi connectivity index (χ4n) is 3.92. The van der Waals surface area contributed by atoms with Crippen LogP contribution in [-0.2, 0) is 4.74 Å². The number of hydrogen-bond donors (Lipinski definition) is 1. The van der Waals surface area contributed by atoms with Crippen LogP contribution in [0.3, 0.4) is 0 Å². The fraction of sp³-hybridized carbons (Fsp3) is 1.00. The van der Waals surface area contributed by atoms with Crippen LogP contribution in [0.25, 0.3) is 0 Å². The average Bonchev–Trinajstić information content (AvgIpc) is 2.76. The average molecular weight is 268 g/mol. The predicted molar refractivity (Wildman–Crippen MR) is 80.2 cm³/mol. The van der Waals surface area contributed by atoms with Crippen molar-refractivity contribution in [2.45, 2.75) is 65.0 Å². The highest BCUT2D eigenvalue weighted by molar-refractivity contribution is 5.02. The van der Waals surface area contributed by atoms with Crippen molar-refractivity contribution in [3.8, 4) is 0 Å². The lowest BCUT2D eigenvalue weighted by Gasteiger charge is -2.49. The van der Waals surface area contributed by atoms with E-state index >= 15 is 0 Å². The summed E-state index contributed by atoms with van der Waals surface area (Å²) in [4.78, 5) is 2.67. The van der Waals surface area contributed by atoms with Gasteiger partial charge in [0.05, 0.1) is 5.60 Å². The third kappa shape index (κ3) is 3.14. The summed E-state index contributed by atoms with van der Waals surface area (Å²) in [6.45, 7) is 15.5. The van der Waals surface area contributed by atoms with E-state index in [1.165, 1.54) is 19.5 Å². The molecular formula is C16H32N2O. The van der Waals surface area contributed by atoms with Crippen molar-refractivity contribution >= 4 is 0 Å². The molecule has 0 radical (unpaired) electrons. The molecule has 0 spiro atoms. The molecule has 2 N–H and O–H groups in total. The number of ether oxygens (including phenoxy) is 1. The van der Waals surface area contributed by atoms with E-state index in [-0.39, 0.29) is 11.1 Å². The van der Waals surface area contributed by atoms with Crippen LogP contribution in [-0.4, -0.2) is 42.3 Å². The molecular weight excluding hydrogens is 236 g/mol. The van der Waals surface area contributed by atoms with Gasteiger partial charge in [-0.3, -0.25) is 4.90 Å². The second kappa shape index (κ2) is 5.01. The topological polar surface area (TPSA) is 38.5 Å². The van der Waals surface area contributed by atoms with E-state index in [0.717, 1.165) is 31.9 Å². The maximum absolute atomic E-state index is 6.20. The van der Waals surface area contributed by atoms with Gasteiger partial charge in [0.1, 0.15) is 0 Å². The molecule has 0 amide bonds. The molecule has 2 atom stereocenters. The Balaban J connectivity index is 2.11. The lowest BCUT2D eigenvalue weighted by molar-refractivity contribution is -0.115. The van der Waals surface area contributed by atoms with Crippen LogP contribution < -0.4 is 5.73 Å². The highest BCUT2D eigenvalue weighted by Gasteiger charge is 2.47. The largest absolute Gasteiger partial charge is 0.375 e. The standard InChI is InChI=1S/C16H32N2O/c1-14(2,3)13-6-8-18(10-13)16(12-17)7-9-19-15(4,5)11-16/h13H,6-12,17H2,1-5H3. The lowest BCUT2D eigenvalue weighted by atomic mass is 9.78. The van der Waals surface area contributed by atoms with Gasteiger partial charge in [-0.25, -0.2) is 0 Å². The number of rotatable bonds is 2. The second-order valence-corrected chi connectivity index (χ2v) is 8.26. The molecule has 2 rings (SSSR count). The van der Waals surface area contributed by atoms with Crippen LogP contribution >= 0.6 is 0 Å². The molecule has 0 saturated carbocycles. The predicted octanol–water partition coefficient (Wildman–Crippen LogP) is 2.64. The molecule has 2 aliphatic heterocycles. The molecule has 112 valence electrons. The highest BCUT2D eigenvalue weighted by Crippen LogP contribution is 2.42. The van der Waals surface area contributed by atoms with Crippen LogP contribution in [0.5, 0.6) is 0 Å². The Hall–Kier alpha value is -0.120. The fourth-order valence-corrected chi connectivity index (χ4v) is 3.92. The zero-order chi connectivity index (χ0) is 14.3. The molecule has 3 nitrogen and oxygen atoms in total. The first-order valence-corrected chi connectivity index (χ1v) is 7.78. The van der Waals surface area contributed by atoms with E-state index in [2.05, 4.69) is 39.5 Å². The summed E-state index contributed by atoms with van der Waals surface area (Å²) in [7, 11) is 0. The Kier molecular flexibility index (Phi) is 4.03. The lowest BCUT2D eigenvalue weighted by Crippen LogP contribution is -2.60. The van der Waals surface area contributed by atoms with E-state index in [0.29, 0.717) is 5.41 Å². The van der Waals surface area contributed by atoms with Crippen LogP contribution in [0.1, 0.15) is 53.9 Å². The molecule has 0 aliphatic carbocycles. The minimum Gasteiger partial charge on any atom is -0.375 e. The molecule has 0 aromatic carbocycles. The van der Waals surface area contributed by atoms with Gasteiger partial charge < -0.3 is 10.5 Å². The number of likely N-dealkylation sites (tertiary alicyclic amines) is 1. The summed E-state index contributed by atoms with van der Waals surface area (Å²) >= 11 is 0. The molecule has 0 bridgehead atoms. The molecule has 3 heteroatoms. The highest BCUT2D eigenvalue weighted by atomic mass is 16.5. The first kappa shape index (κ1) is 15.3. The number of hydrogen-bond acceptors (Lipinski definition) is 3. The van der Waals surface area contributed by atoms with Crippen molar-refractivity contribution in [2.75, 3.05) is 26.2 Å². The van der Waals surface area contributed by atoms with Gasteiger partial charge in [0.2, 0.25) is 0 Å². The molecule has 19 heavy (non-hydrogen) atoms. The van der Waals surface area contributed by atoms with Crippen molar-refractivity contribution < 1.29 is 4.74 Å². The minimum absolute atomic E-state index is 0.0303. The second-order valence-electron chi connectivity index (χ2n) is 8.26. The maximum Gasteiger partial charge on any atom is 0.0644 e. The van der Waals surface area contributed by atoms with Gasteiger partial charge >= 0.3 is 0 Å². The van der Waals surface area contributed by atoms with Gasteiger partial charge in [-0.15, -0.1) is 0 Å². The summed E-state index contributed by atoms with van der Waals surface area (Å²) in [6.07, 6.45) is 3.46. The van der Waals surface area contributed by atoms with Crippen molar-refractivity contribution in [1.29, 1.82) is 0 Å². The number of nitrogens with two attached hydrogens (primary N) is 1. The van der Waals surface area contributed by atoms with E-state index in [1.54, 1.807) is 0 Å². The summed E-state index contributed by atoms with van der Waals surface area (Å²) in [5.41, 5.74) is 6.74. The Morgan fingerprint density at radius 2 is 2.00 bits per heavy atom. The Bertz CT molecular complexity index is 321. The Morgan fingerprint density at radius 3 is 2.47 bits per heavy atom. The monoisotopic (exact) mass is 268 g/mol. The summed E-state index contributed by atoms with van der Waals surface area (Å²) in [6, 6.07) is 0. The Morgan fingerprint density at radius 1 is 1.32 bits per heavy atom. The van der Waals surface area contributed by atoms with Crippen molar-refractivity contribution in [3.05, 3.63) is 0 Å². The van der Waals surface area contributed by atoms with E-state index in [1.807, 2.05) is 0 Å². The molecule has 2 aliphatic rings. The summed E-state index contributed by atoms with van der Waals surface area (Å²) < 4.78 is 5.89.